The van der Waals surface area contributed by atoms with E-state index in [-0.39, 0.29) is 30.2 Å². The number of hydrogen-bond acceptors (Lipinski definition) is 4. The molecule has 10 heavy (non-hydrogen) atoms. The van der Waals surface area contributed by atoms with Gasteiger partial charge in [0.05, 0.1) is 0 Å². The van der Waals surface area contributed by atoms with Crippen LogP contribution in [0.25, 0.3) is 0 Å². The topological polar surface area (TPSA) is 94.8 Å². The van der Waals surface area contributed by atoms with Gasteiger partial charge in [-0.15, -0.1) is 0 Å². The van der Waals surface area contributed by atoms with Gasteiger partial charge in [-0.05, 0) is 0 Å². The van der Waals surface area contributed by atoms with Crippen molar-refractivity contribution in [2.45, 2.75) is 12.2 Å². The number of carbonyl (C=O) groups is 2. The molecule has 0 aliphatic carbocycles. The molecular weight excluding hydrogens is 247 g/mol. The summed E-state index contributed by atoms with van der Waals surface area (Å²) in [5, 5.41) is 24.5. The van der Waals surface area contributed by atoms with Crippen molar-refractivity contribution in [2.75, 3.05) is 0 Å². The Labute approximate surface area is 73.6 Å². The van der Waals surface area contributed by atoms with Gasteiger partial charge in [-0.1, -0.05) is 0 Å². The van der Waals surface area contributed by atoms with Crippen molar-refractivity contribution in [3.05, 3.63) is 0 Å². The van der Waals surface area contributed by atoms with E-state index in [9.17, 15) is 9.59 Å². The van der Waals surface area contributed by atoms with Crippen LogP contribution in [0.3, 0.4) is 0 Å². The van der Waals surface area contributed by atoms with Gasteiger partial charge in [0.25, 0.3) is 0 Å². The molecule has 0 aromatic carbocycles. The summed E-state index contributed by atoms with van der Waals surface area (Å²) in [6.45, 7) is 0. The summed E-state index contributed by atoms with van der Waals surface area (Å²) in [6.07, 6.45) is -3.89. The minimum atomic E-state index is -2.01. The average Bonchev–Trinajstić information content (AvgIpc) is 1.84. The molecule has 0 heterocycles. The summed E-state index contributed by atoms with van der Waals surface area (Å²) in [5.74, 6) is -1.62. The van der Waals surface area contributed by atoms with Gasteiger partial charge in [0, 0.05) is 0 Å². The fourth-order valence-electron chi connectivity index (χ4n) is 0.220. The molecule has 0 rings (SSSR count). The Kier molecular flexibility index (Phi) is 7.05. The van der Waals surface area contributed by atoms with Gasteiger partial charge < -0.3 is 20.1 Å². The van der Waals surface area contributed by atoms with Crippen molar-refractivity contribution < 1.29 is 24.9 Å². The number of rotatable bonds is 3. The predicted octanol–water partition coefficient (Wildman–Crippen LogP) is -2.92. The van der Waals surface area contributed by atoms with Crippen molar-refractivity contribution in [3.8, 4) is 0 Å². The molecule has 0 spiro atoms. The molecule has 0 amide bonds. The van der Waals surface area contributed by atoms with Crippen LogP contribution in [0.1, 0.15) is 0 Å². The van der Waals surface area contributed by atoms with E-state index >= 15 is 0 Å². The molecule has 0 aliphatic heterocycles. The summed E-state index contributed by atoms with van der Waals surface area (Å²) >= 11 is 0. The molecule has 0 saturated heterocycles. The number of hydrogen-bond donors (Lipinski definition) is 3. The molecule has 0 saturated carbocycles. The van der Waals surface area contributed by atoms with Gasteiger partial charge in [-0.2, -0.15) is 0 Å². The van der Waals surface area contributed by atoms with Gasteiger partial charge in [0.2, 0.25) is 0 Å². The zero-order valence-corrected chi connectivity index (χ0v) is 9.13. The Morgan fingerprint density at radius 3 is 1.90 bits per heavy atom. The van der Waals surface area contributed by atoms with Gasteiger partial charge >= 0.3 is 29.9 Å². The van der Waals surface area contributed by atoms with E-state index in [1.807, 2.05) is 0 Å². The minimum absolute atomic E-state index is 0. The zero-order valence-electron chi connectivity index (χ0n) is 5.10. The fourth-order valence-corrected chi connectivity index (χ4v) is 0.220. The Bertz CT molecular complexity index is 125. The molecule has 0 fully saturated rings. The third-order valence-corrected chi connectivity index (χ3v) is 0.716. The van der Waals surface area contributed by atoms with E-state index in [1.54, 1.807) is 0 Å². The predicted molar refractivity (Wildman–Crippen MR) is 34.3 cm³/mol. The third-order valence-electron chi connectivity index (χ3n) is 0.716. The number of aliphatic carboxylic acids is 1. The summed E-state index contributed by atoms with van der Waals surface area (Å²) in [4.78, 5) is 19.3. The molecule has 3 N–H and O–H groups in total. The van der Waals surface area contributed by atoms with E-state index in [4.69, 9.17) is 15.3 Å². The number of aldehydes is 1. The van der Waals surface area contributed by atoms with Crippen LogP contribution in [-0.4, -0.2) is 63.7 Å². The number of aliphatic hydroxyl groups excluding tert-OH is 2. The van der Waals surface area contributed by atoms with Gasteiger partial charge in [-0.25, -0.2) is 4.79 Å². The Balaban J connectivity index is 0. The first-order chi connectivity index (χ1) is 4.09. The first kappa shape index (κ1) is 12.5. The molecule has 58 valence electrons. The molecule has 0 aliphatic rings. The molecule has 0 bridgehead atoms. The summed E-state index contributed by atoms with van der Waals surface area (Å²) in [7, 11) is 0. The second-order valence-corrected chi connectivity index (χ2v) is 1.41. The van der Waals surface area contributed by atoms with Crippen LogP contribution in [0.4, 0.5) is 0 Å². The van der Waals surface area contributed by atoms with E-state index in [0.29, 0.717) is 0 Å². The van der Waals surface area contributed by atoms with E-state index in [2.05, 4.69) is 0 Å². The molecule has 2 atom stereocenters. The first-order valence-corrected chi connectivity index (χ1v) is 2.14. The van der Waals surface area contributed by atoms with Crippen LogP contribution >= 0.6 is 0 Å². The third kappa shape index (κ3) is 3.80. The molecule has 2 radical (unpaired) electrons. The summed E-state index contributed by atoms with van der Waals surface area (Å²) in [6, 6.07) is 0. The summed E-state index contributed by atoms with van der Waals surface area (Å²) < 4.78 is 0. The molecule has 2 unspecified atom stereocenters. The van der Waals surface area contributed by atoms with Crippen molar-refractivity contribution >= 4 is 36.2 Å². The molecule has 5 nitrogen and oxygen atoms in total. The van der Waals surface area contributed by atoms with Crippen molar-refractivity contribution in [1.29, 1.82) is 0 Å². The monoisotopic (exact) mass is 256 g/mol. The average molecular weight is 255 g/mol. The van der Waals surface area contributed by atoms with E-state index in [1.165, 1.54) is 0 Å². The van der Waals surface area contributed by atoms with Crippen molar-refractivity contribution in [1.82, 2.24) is 0 Å². The molecule has 0 aromatic heterocycles. The Hall–Kier alpha value is -0.141. The second-order valence-electron chi connectivity index (χ2n) is 1.41. The van der Waals surface area contributed by atoms with Crippen LogP contribution < -0.4 is 0 Å². The molecule has 0 aromatic rings. The van der Waals surface area contributed by atoms with Crippen LogP contribution in [0.2, 0.25) is 0 Å². The Morgan fingerprint density at radius 1 is 1.40 bits per heavy atom. The molecular formula is C4H8O5Sn. The van der Waals surface area contributed by atoms with Crippen molar-refractivity contribution in [3.63, 3.8) is 0 Å². The normalized spacial score (nSPS) is 14.6. The van der Waals surface area contributed by atoms with Gasteiger partial charge in [0.1, 0.15) is 6.10 Å². The van der Waals surface area contributed by atoms with Crippen LogP contribution in [0, 0.1) is 0 Å². The van der Waals surface area contributed by atoms with Crippen LogP contribution in [0.5, 0.6) is 0 Å². The Morgan fingerprint density at radius 2 is 1.80 bits per heavy atom. The maximum atomic E-state index is 9.73. The van der Waals surface area contributed by atoms with E-state index < -0.39 is 18.2 Å². The summed E-state index contributed by atoms with van der Waals surface area (Å²) in [5.41, 5.74) is 0. The van der Waals surface area contributed by atoms with Crippen LogP contribution in [0.15, 0.2) is 0 Å². The first-order valence-electron chi connectivity index (χ1n) is 2.14. The quantitative estimate of drug-likeness (QED) is 0.371. The maximum absolute atomic E-state index is 9.73. The van der Waals surface area contributed by atoms with Crippen LogP contribution in [-0.2, 0) is 9.59 Å². The number of carboxylic acid groups (broad SMARTS) is 1. The van der Waals surface area contributed by atoms with E-state index in [0.717, 1.165) is 0 Å². The SMILES string of the molecule is O=CC(O)C(O)C(=O)O.[SnH2]. The number of carboxylic acids is 1. The van der Waals surface area contributed by atoms with Gasteiger partial charge in [-0.3, -0.25) is 0 Å². The number of aliphatic hydroxyl groups is 2. The fraction of sp³-hybridized carbons (Fsp3) is 0.500. The van der Waals surface area contributed by atoms with Crippen molar-refractivity contribution in [2.24, 2.45) is 0 Å². The zero-order chi connectivity index (χ0) is 7.44. The van der Waals surface area contributed by atoms with Gasteiger partial charge in [0.15, 0.2) is 12.4 Å². The standard InChI is InChI=1S/C4H6O5.Sn.2H/c5-1-2(6)3(7)4(8)9;;;/h1-3,6-7H,(H,8,9);;;. The molecule has 6 heteroatoms. The number of carbonyl (C=O) groups excluding carboxylic acids is 1. The second kappa shape index (κ2) is 5.63.